The van der Waals surface area contributed by atoms with Crippen LogP contribution in [0.5, 0.6) is 11.5 Å². The molecule has 28 heavy (non-hydrogen) atoms. The summed E-state index contributed by atoms with van der Waals surface area (Å²) in [7, 11) is 1.54. The van der Waals surface area contributed by atoms with Gasteiger partial charge in [0.15, 0.2) is 16.7 Å². The number of amides is 1. The topological polar surface area (TPSA) is 111 Å². The maximum Gasteiger partial charge on any atom is 0.335 e. The van der Waals surface area contributed by atoms with E-state index in [2.05, 4.69) is 27.6 Å². The Morgan fingerprint density at radius 1 is 1.32 bits per heavy atom. The van der Waals surface area contributed by atoms with Crippen molar-refractivity contribution < 1.29 is 24.2 Å². The number of thioether (sulfide) groups is 1. The second kappa shape index (κ2) is 8.65. The number of benzene rings is 2. The zero-order chi connectivity index (χ0) is 20.3. The molecule has 0 radical (unpaired) electrons. The Morgan fingerprint density at radius 3 is 2.61 bits per heavy atom. The third kappa shape index (κ3) is 4.65. The van der Waals surface area contributed by atoms with Crippen LogP contribution in [0.2, 0.25) is 0 Å². The number of ether oxygens (including phenoxy) is 2. The molecule has 2 aromatic rings. The molecule has 0 bridgehead atoms. The number of aromatic carboxylic acids is 1. The molecule has 0 aromatic heterocycles. The zero-order valence-corrected chi connectivity index (χ0v) is 17.6. The van der Waals surface area contributed by atoms with Gasteiger partial charge in [0.1, 0.15) is 6.61 Å². The fraction of sp³-hybridized carbons (Fsp3) is 0.105. The van der Waals surface area contributed by atoms with Crippen LogP contribution in [0.1, 0.15) is 21.5 Å². The average Bonchev–Trinajstić information content (AvgIpc) is 2.97. The van der Waals surface area contributed by atoms with Crippen LogP contribution in [0.25, 0.3) is 6.08 Å². The highest BCUT2D eigenvalue weighted by molar-refractivity contribution is 14.1. The maximum absolute atomic E-state index is 11.8. The molecule has 1 aliphatic heterocycles. The highest BCUT2D eigenvalue weighted by Crippen LogP contribution is 2.36. The van der Waals surface area contributed by atoms with Gasteiger partial charge in [0, 0.05) is 0 Å². The molecule has 0 spiro atoms. The number of rotatable bonds is 6. The normalized spacial score (nSPS) is 14.9. The van der Waals surface area contributed by atoms with E-state index in [4.69, 9.17) is 20.3 Å². The van der Waals surface area contributed by atoms with Crippen molar-refractivity contribution in [3.05, 3.63) is 61.6 Å². The number of hydrogen-bond acceptors (Lipinski definition) is 6. The van der Waals surface area contributed by atoms with Crippen LogP contribution in [0.4, 0.5) is 0 Å². The third-order valence-electron chi connectivity index (χ3n) is 3.77. The number of carbonyl (C=O) groups is 2. The number of carbonyl (C=O) groups excluding carboxylic acids is 1. The third-order valence-corrected chi connectivity index (χ3v) is 5.38. The van der Waals surface area contributed by atoms with Gasteiger partial charge >= 0.3 is 5.97 Å². The summed E-state index contributed by atoms with van der Waals surface area (Å²) >= 11 is 3.26. The highest BCUT2D eigenvalue weighted by Gasteiger charge is 2.20. The SMILES string of the molecule is COc1cc(C=C2SC(N)=NC2=O)cc(I)c1OCc1ccc(C(=O)O)cc1. The number of nitrogens with two attached hydrogens (primary N) is 1. The van der Waals surface area contributed by atoms with Crippen LogP contribution >= 0.6 is 34.4 Å². The lowest BCUT2D eigenvalue weighted by Gasteiger charge is -2.14. The van der Waals surface area contributed by atoms with Gasteiger partial charge in [-0.2, -0.15) is 4.99 Å². The van der Waals surface area contributed by atoms with Crippen LogP contribution in [0.3, 0.4) is 0 Å². The van der Waals surface area contributed by atoms with Gasteiger partial charge in [-0.3, -0.25) is 4.79 Å². The van der Waals surface area contributed by atoms with E-state index in [9.17, 15) is 9.59 Å². The molecular formula is C19H15IN2O5S. The number of carboxylic acid groups (broad SMARTS) is 1. The molecule has 144 valence electrons. The summed E-state index contributed by atoms with van der Waals surface area (Å²) < 4.78 is 12.1. The molecule has 1 heterocycles. The van der Waals surface area contributed by atoms with Crippen molar-refractivity contribution in [2.75, 3.05) is 7.11 Å². The van der Waals surface area contributed by atoms with Crippen molar-refractivity contribution in [2.24, 2.45) is 10.7 Å². The van der Waals surface area contributed by atoms with Crippen LogP contribution in [-0.4, -0.2) is 29.3 Å². The van der Waals surface area contributed by atoms with Gasteiger partial charge in [0.2, 0.25) is 0 Å². The van der Waals surface area contributed by atoms with Gasteiger partial charge in [0.25, 0.3) is 5.91 Å². The van der Waals surface area contributed by atoms with Gasteiger partial charge < -0.3 is 20.3 Å². The second-order valence-electron chi connectivity index (χ2n) is 5.69. The summed E-state index contributed by atoms with van der Waals surface area (Å²) in [6, 6.07) is 10.1. The number of halogens is 1. The van der Waals surface area contributed by atoms with E-state index in [-0.39, 0.29) is 23.2 Å². The Labute approximate surface area is 178 Å². The largest absolute Gasteiger partial charge is 0.493 e. The Kier molecular flexibility index (Phi) is 6.25. The van der Waals surface area contributed by atoms with Gasteiger partial charge in [-0.15, -0.1) is 0 Å². The number of methoxy groups -OCH3 is 1. The smallest absolute Gasteiger partial charge is 0.335 e. The lowest BCUT2D eigenvalue weighted by Crippen LogP contribution is -2.01. The Morgan fingerprint density at radius 2 is 2.04 bits per heavy atom. The fourth-order valence-electron chi connectivity index (χ4n) is 2.44. The van der Waals surface area contributed by atoms with Crippen molar-refractivity contribution in [1.29, 1.82) is 0 Å². The van der Waals surface area contributed by atoms with E-state index in [0.29, 0.717) is 16.4 Å². The predicted molar refractivity (Wildman–Crippen MR) is 116 cm³/mol. The van der Waals surface area contributed by atoms with Crippen LogP contribution in [0.15, 0.2) is 46.3 Å². The first-order valence-corrected chi connectivity index (χ1v) is 9.87. The van der Waals surface area contributed by atoms with E-state index in [1.165, 1.54) is 19.2 Å². The summed E-state index contributed by atoms with van der Waals surface area (Å²) in [5.74, 6) is -0.250. The van der Waals surface area contributed by atoms with Gasteiger partial charge in [-0.05, 0) is 75.8 Å². The van der Waals surface area contributed by atoms with E-state index in [0.717, 1.165) is 26.5 Å². The van der Waals surface area contributed by atoms with E-state index in [1.807, 2.05) is 6.07 Å². The minimum atomic E-state index is -0.973. The summed E-state index contributed by atoms with van der Waals surface area (Å²) in [5.41, 5.74) is 7.38. The van der Waals surface area contributed by atoms with Crippen LogP contribution in [0, 0.1) is 3.57 Å². The molecule has 1 aliphatic rings. The lowest BCUT2D eigenvalue weighted by molar-refractivity contribution is -0.113. The summed E-state index contributed by atoms with van der Waals surface area (Å²) in [6.07, 6.45) is 1.70. The summed E-state index contributed by atoms with van der Waals surface area (Å²) in [6.45, 7) is 0.255. The average molecular weight is 510 g/mol. The van der Waals surface area contributed by atoms with Crippen LogP contribution in [-0.2, 0) is 11.4 Å². The van der Waals surface area contributed by atoms with Gasteiger partial charge in [-0.25, -0.2) is 4.79 Å². The Hall–Kier alpha value is -2.53. The van der Waals surface area contributed by atoms with Crippen molar-refractivity contribution in [3.8, 4) is 11.5 Å². The van der Waals surface area contributed by atoms with E-state index < -0.39 is 5.97 Å². The molecular weight excluding hydrogens is 495 g/mol. The minimum Gasteiger partial charge on any atom is -0.493 e. The molecule has 3 N–H and O–H groups in total. The molecule has 2 aromatic carbocycles. The molecule has 3 rings (SSSR count). The molecule has 9 heteroatoms. The standard InChI is InChI=1S/C19H15IN2O5S/c1-26-14-7-11(8-15-17(23)22-19(21)28-15)6-13(20)16(14)27-9-10-2-4-12(5-3-10)18(24)25/h2-8H,9H2,1H3,(H,24,25)(H2,21,22,23). The van der Waals surface area contributed by atoms with E-state index in [1.54, 1.807) is 24.3 Å². The van der Waals surface area contributed by atoms with Gasteiger partial charge in [-0.1, -0.05) is 12.1 Å². The van der Waals surface area contributed by atoms with Gasteiger partial charge in [0.05, 0.1) is 21.1 Å². The molecule has 0 atom stereocenters. The number of hydrogen-bond donors (Lipinski definition) is 2. The molecule has 0 aliphatic carbocycles. The zero-order valence-electron chi connectivity index (χ0n) is 14.6. The predicted octanol–water partition coefficient (Wildman–Crippen LogP) is 3.51. The molecule has 0 saturated carbocycles. The monoisotopic (exact) mass is 510 g/mol. The number of amidine groups is 1. The first-order valence-electron chi connectivity index (χ1n) is 7.98. The van der Waals surface area contributed by atoms with Crippen molar-refractivity contribution >= 4 is 57.5 Å². The Balaban J connectivity index is 1.79. The molecule has 0 unspecified atom stereocenters. The summed E-state index contributed by atoms with van der Waals surface area (Å²) in [4.78, 5) is 26.8. The minimum absolute atomic E-state index is 0.220. The first kappa shape index (κ1) is 20.2. The molecule has 1 amide bonds. The first-order chi connectivity index (χ1) is 13.4. The number of aliphatic imine (C=N–C) groups is 1. The lowest BCUT2D eigenvalue weighted by atomic mass is 10.1. The van der Waals surface area contributed by atoms with E-state index >= 15 is 0 Å². The van der Waals surface area contributed by atoms with Crippen molar-refractivity contribution in [3.63, 3.8) is 0 Å². The Bertz CT molecular complexity index is 1000. The second-order valence-corrected chi connectivity index (χ2v) is 7.92. The van der Waals surface area contributed by atoms with Crippen LogP contribution < -0.4 is 15.2 Å². The number of carboxylic acids is 1. The molecule has 0 fully saturated rings. The molecule has 7 nitrogen and oxygen atoms in total. The summed E-state index contributed by atoms with van der Waals surface area (Å²) in [5, 5.41) is 9.19. The highest BCUT2D eigenvalue weighted by atomic mass is 127. The fourth-order valence-corrected chi connectivity index (χ4v) is 3.90. The quantitative estimate of drug-likeness (QED) is 0.452. The van der Waals surface area contributed by atoms with Crippen molar-refractivity contribution in [1.82, 2.24) is 0 Å². The van der Waals surface area contributed by atoms with Crippen molar-refractivity contribution in [2.45, 2.75) is 6.61 Å². The number of nitrogens with zero attached hydrogens (tertiary/aromatic N) is 1. The maximum atomic E-state index is 11.8. The molecule has 0 saturated heterocycles.